The van der Waals surface area contributed by atoms with Gasteiger partial charge in [-0.3, -0.25) is 0 Å². The molecule has 0 bridgehead atoms. The van der Waals surface area contributed by atoms with Crippen LogP contribution in [0.1, 0.15) is 47.0 Å². The van der Waals surface area contributed by atoms with E-state index in [0.717, 1.165) is 56.1 Å². The molecular formula is C51H36N4O. The third-order valence-electron chi connectivity index (χ3n) is 12.4. The molecule has 2 aliphatic heterocycles. The summed E-state index contributed by atoms with van der Waals surface area (Å²) in [5, 5.41) is 2.27. The molecule has 8 aromatic rings. The van der Waals surface area contributed by atoms with Crippen LogP contribution in [0.15, 0.2) is 176 Å². The number of fused-ring (bicyclic) bond motifs is 11. The molecular weight excluding hydrogens is 685 g/mol. The van der Waals surface area contributed by atoms with Crippen LogP contribution in [0.4, 0.5) is 11.4 Å². The highest BCUT2D eigenvalue weighted by Gasteiger charge is 2.54. The summed E-state index contributed by atoms with van der Waals surface area (Å²) in [4.78, 5) is 13.1. The number of aromatic nitrogens is 3. The minimum atomic E-state index is -0.444. The molecule has 5 nitrogen and oxygen atoms in total. The van der Waals surface area contributed by atoms with Crippen molar-refractivity contribution in [2.75, 3.05) is 4.90 Å². The number of anilines is 2. The smallest absolute Gasteiger partial charge is 0.157 e. The summed E-state index contributed by atoms with van der Waals surface area (Å²) in [6.07, 6.45) is 11.1. The Bertz CT molecular complexity index is 3000. The molecule has 6 aromatic carbocycles. The van der Waals surface area contributed by atoms with Crippen LogP contribution in [0, 0.1) is 0 Å². The molecule has 0 spiro atoms. The fraction of sp³-hybridized carbons (Fsp3) is 0.0980. The lowest BCUT2D eigenvalue weighted by atomic mass is 9.75. The van der Waals surface area contributed by atoms with Crippen LogP contribution in [0.2, 0.25) is 0 Å². The van der Waals surface area contributed by atoms with Gasteiger partial charge in [-0.2, -0.15) is 0 Å². The Labute approximate surface area is 325 Å². The van der Waals surface area contributed by atoms with Crippen molar-refractivity contribution in [1.82, 2.24) is 14.5 Å². The zero-order chi connectivity index (χ0) is 37.0. The van der Waals surface area contributed by atoms with Crippen molar-refractivity contribution in [1.29, 1.82) is 0 Å². The van der Waals surface area contributed by atoms with E-state index in [1.165, 1.54) is 33.6 Å². The van der Waals surface area contributed by atoms with Crippen molar-refractivity contribution in [3.63, 3.8) is 0 Å². The van der Waals surface area contributed by atoms with Crippen molar-refractivity contribution >= 4 is 44.8 Å². The van der Waals surface area contributed by atoms with E-state index in [-0.39, 0.29) is 17.9 Å². The molecule has 12 rings (SSSR count). The number of nitrogens with zero attached hydrogens (tertiary/aromatic N) is 4. The molecule has 2 aromatic heterocycles. The van der Waals surface area contributed by atoms with E-state index in [1.807, 2.05) is 6.07 Å². The standard InChI is InChI=1S/C51H36N4O/c1-51-40(36-21-10-13-27-43(36)55(51)33-18-6-3-7-19-33)31-30-35-34-20-9-12-26-42(34)54(49(35)51)44-28-14-23-38-46-39(24-15-29-45(46)56-48(38)44)50-52-41-25-11-8-22-37(41)47(53-50)32-16-4-2-5-17-32/h2-31,40,45-46H,1H3/t40?,45?,46?,51-/m1/s1. The lowest BCUT2D eigenvalue weighted by Gasteiger charge is -2.43. The van der Waals surface area contributed by atoms with Gasteiger partial charge in [0.25, 0.3) is 0 Å². The van der Waals surface area contributed by atoms with Crippen molar-refractivity contribution in [3.05, 3.63) is 204 Å². The van der Waals surface area contributed by atoms with Gasteiger partial charge in [-0.05, 0) is 55.0 Å². The third-order valence-corrected chi connectivity index (χ3v) is 12.4. The molecule has 56 heavy (non-hydrogen) atoms. The second-order valence-corrected chi connectivity index (χ2v) is 15.4. The van der Waals surface area contributed by atoms with Crippen molar-refractivity contribution in [2.45, 2.75) is 30.4 Å². The molecule has 2 aliphatic carbocycles. The summed E-state index contributed by atoms with van der Waals surface area (Å²) < 4.78 is 9.65. The van der Waals surface area contributed by atoms with E-state index >= 15 is 0 Å². The lowest BCUT2D eigenvalue weighted by molar-refractivity contribution is 0.270. The highest BCUT2D eigenvalue weighted by atomic mass is 16.5. The number of rotatable bonds is 4. The van der Waals surface area contributed by atoms with Crippen molar-refractivity contribution < 1.29 is 4.74 Å². The summed E-state index contributed by atoms with van der Waals surface area (Å²) in [6.45, 7) is 2.43. The highest BCUT2D eigenvalue weighted by molar-refractivity contribution is 5.97. The first-order chi connectivity index (χ1) is 27.7. The average molecular weight is 721 g/mol. The molecule has 4 aliphatic rings. The summed E-state index contributed by atoms with van der Waals surface area (Å²) >= 11 is 0. The number of hydrogen-bond donors (Lipinski definition) is 0. The van der Waals surface area contributed by atoms with Crippen LogP contribution in [0.5, 0.6) is 5.75 Å². The molecule has 0 N–H and O–H groups in total. The Balaban J connectivity index is 1.07. The Morgan fingerprint density at radius 2 is 1.36 bits per heavy atom. The summed E-state index contributed by atoms with van der Waals surface area (Å²) in [5.41, 5.74) is 13.2. The molecule has 0 saturated carbocycles. The SMILES string of the molecule is C[C@]12c3c(c4ccccc4n3-c3cccc4c3OC3C=CC=C(c5nc(-c6ccccc6)c6ccccc6n5)C43)C=CC1c1ccccc1N2c1ccccc1. The average Bonchev–Trinajstić information content (AvgIpc) is 3.90. The minimum Gasteiger partial charge on any atom is -0.483 e. The third kappa shape index (κ3) is 4.25. The van der Waals surface area contributed by atoms with Crippen LogP contribution < -0.4 is 9.64 Å². The lowest BCUT2D eigenvalue weighted by Crippen LogP contribution is -2.43. The first-order valence-electron chi connectivity index (χ1n) is 19.5. The molecule has 266 valence electrons. The number of allylic oxidation sites excluding steroid dienone is 2. The van der Waals surface area contributed by atoms with Crippen LogP contribution in [-0.2, 0) is 5.54 Å². The van der Waals surface area contributed by atoms with E-state index in [0.29, 0.717) is 0 Å². The van der Waals surface area contributed by atoms with Crippen molar-refractivity contribution in [3.8, 4) is 22.7 Å². The van der Waals surface area contributed by atoms with Crippen LogP contribution in [0.3, 0.4) is 0 Å². The molecule has 3 unspecified atom stereocenters. The van der Waals surface area contributed by atoms with Gasteiger partial charge >= 0.3 is 0 Å². The predicted molar refractivity (Wildman–Crippen MR) is 227 cm³/mol. The minimum absolute atomic E-state index is 0.0721. The van der Waals surface area contributed by atoms with Gasteiger partial charge < -0.3 is 14.2 Å². The van der Waals surface area contributed by atoms with Gasteiger partial charge in [-0.15, -0.1) is 0 Å². The van der Waals surface area contributed by atoms with Gasteiger partial charge in [-0.1, -0.05) is 140 Å². The van der Waals surface area contributed by atoms with Gasteiger partial charge in [0.1, 0.15) is 11.9 Å². The van der Waals surface area contributed by atoms with E-state index < -0.39 is 5.54 Å². The quantitative estimate of drug-likeness (QED) is 0.182. The van der Waals surface area contributed by atoms with E-state index in [9.17, 15) is 0 Å². The Kier molecular flexibility index (Phi) is 6.59. The molecule has 0 radical (unpaired) electrons. The monoisotopic (exact) mass is 720 g/mol. The molecule has 4 atom stereocenters. The molecule has 0 saturated heterocycles. The summed E-state index contributed by atoms with van der Waals surface area (Å²) in [7, 11) is 0. The van der Waals surface area contributed by atoms with E-state index in [4.69, 9.17) is 14.7 Å². The maximum absolute atomic E-state index is 7.14. The Morgan fingerprint density at radius 3 is 2.23 bits per heavy atom. The topological polar surface area (TPSA) is 43.2 Å². The maximum Gasteiger partial charge on any atom is 0.157 e. The van der Waals surface area contributed by atoms with E-state index in [2.05, 4.69) is 192 Å². The highest BCUT2D eigenvalue weighted by Crippen LogP contribution is 2.61. The summed E-state index contributed by atoms with van der Waals surface area (Å²) in [5.74, 6) is 1.70. The van der Waals surface area contributed by atoms with E-state index in [1.54, 1.807) is 0 Å². The Morgan fingerprint density at radius 1 is 0.643 bits per heavy atom. The number of para-hydroxylation sites is 5. The zero-order valence-corrected chi connectivity index (χ0v) is 30.7. The van der Waals surface area contributed by atoms with Gasteiger partial charge in [0.2, 0.25) is 0 Å². The van der Waals surface area contributed by atoms with Crippen LogP contribution in [-0.4, -0.2) is 20.6 Å². The number of benzene rings is 6. The van der Waals surface area contributed by atoms with Gasteiger partial charge in [-0.25, -0.2) is 9.97 Å². The second-order valence-electron chi connectivity index (χ2n) is 15.4. The Hall–Kier alpha value is -6.98. The van der Waals surface area contributed by atoms with Gasteiger partial charge in [0.15, 0.2) is 5.82 Å². The molecule has 5 heteroatoms. The van der Waals surface area contributed by atoms with Gasteiger partial charge in [0.05, 0.1) is 39.6 Å². The largest absolute Gasteiger partial charge is 0.483 e. The fourth-order valence-corrected chi connectivity index (χ4v) is 10.1. The molecule has 4 heterocycles. The molecule has 0 amide bonds. The predicted octanol–water partition coefficient (Wildman–Crippen LogP) is 11.9. The van der Waals surface area contributed by atoms with Crippen LogP contribution >= 0.6 is 0 Å². The second kappa shape index (κ2) is 11.8. The van der Waals surface area contributed by atoms with Gasteiger partial charge in [0, 0.05) is 50.3 Å². The first kappa shape index (κ1) is 31.4. The number of hydrogen-bond acceptors (Lipinski definition) is 4. The first-order valence-corrected chi connectivity index (χ1v) is 19.5. The van der Waals surface area contributed by atoms with Crippen LogP contribution in [0.25, 0.3) is 50.4 Å². The zero-order valence-electron chi connectivity index (χ0n) is 30.7. The maximum atomic E-state index is 7.14. The molecule has 0 fully saturated rings. The normalized spacial score (nSPS) is 21.3. The fourth-order valence-electron chi connectivity index (χ4n) is 10.1. The summed E-state index contributed by atoms with van der Waals surface area (Å²) in [6, 6.07) is 54.0. The van der Waals surface area contributed by atoms with Crippen molar-refractivity contribution in [2.24, 2.45) is 0 Å². The number of ether oxygens (including phenoxy) is 1.